The van der Waals surface area contributed by atoms with Crippen LogP contribution in [0.4, 0.5) is 0 Å². The van der Waals surface area contributed by atoms with Gasteiger partial charge in [0.15, 0.2) is 5.72 Å². The summed E-state index contributed by atoms with van der Waals surface area (Å²) >= 11 is 0. The lowest BCUT2D eigenvalue weighted by Crippen LogP contribution is -2.58. The normalized spacial score (nSPS) is 29.3. The molecule has 0 aromatic heterocycles. The number of aliphatic hydroxyl groups is 1. The van der Waals surface area contributed by atoms with Gasteiger partial charge in [-0.05, 0) is 56.4 Å². The van der Waals surface area contributed by atoms with E-state index in [9.17, 15) is 14.7 Å². The molecule has 2 aromatic rings. The molecule has 0 spiro atoms. The fourth-order valence-electron chi connectivity index (χ4n) is 5.17. The van der Waals surface area contributed by atoms with Gasteiger partial charge in [-0.15, -0.1) is 0 Å². The Bertz CT molecular complexity index is 978. The van der Waals surface area contributed by atoms with Gasteiger partial charge in [-0.1, -0.05) is 42.5 Å². The summed E-state index contributed by atoms with van der Waals surface area (Å²) in [5.74, 6) is -0.902. The number of hydrogen-bond acceptors (Lipinski definition) is 4. The topological polar surface area (TPSA) is 66.8 Å². The number of carbonyl (C=O) groups excluding carboxylic acids is 2. The SMILES string of the molecule is CN1C(=O)C[C@@]2(C(=O)OC(C)(C)C)CC[C@@H](Cc3ccc4ccccc4c3)[C@@]12O. The molecule has 154 valence electrons. The first-order chi connectivity index (χ1) is 13.6. The summed E-state index contributed by atoms with van der Waals surface area (Å²) in [6.07, 6.45) is 1.72. The number of carbonyl (C=O) groups is 2. The molecule has 2 aromatic carbocycles. The number of ether oxygens (including phenoxy) is 1. The van der Waals surface area contributed by atoms with Crippen molar-refractivity contribution in [1.82, 2.24) is 4.90 Å². The van der Waals surface area contributed by atoms with Crippen LogP contribution < -0.4 is 0 Å². The molecule has 1 aliphatic heterocycles. The molecular formula is C24H29NO4. The van der Waals surface area contributed by atoms with Crippen LogP contribution >= 0.6 is 0 Å². The molecule has 4 rings (SSSR count). The highest BCUT2D eigenvalue weighted by Gasteiger charge is 2.72. The van der Waals surface area contributed by atoms with E-state index in [1.54, 1.807) is 7.05 Å². The molecule has 29 heavy (non-hydrogen) atoms. The summed E-state index contributed by atoms with van der Waals surface area (Å²) in [5, 5.41) is 14.1. The predicted octanol–water partition coefficient (Wildman–Crippen LogP) is 3.67. The fraction of sp³-hybridized carbons (Fsp3) is 0.500. The monoisotopic (exact) mass is 395 g/mol. The quantitative estimate of drug-likeness (QED) is 0.806. The van der Waals surface area contributed by atoms with Gasteiger partial charge in [0.25, 0.3) is 0 Å². The smallest absolute Gasteiger partial charge is 0.318 e. The van der Waals surface area contributed by atoms with Gasteiger partial charge in [-0.2, -0.15) is 0 Å². The Morgan fingerprint density at radius 2 is 1.90 bits per heavy atom. The number of hydrogen-bond donors (Lipinski definition) is 1. The highest BCUT2D eigenvalue weighted by atomic mass is 16.6. The minimum atomic E-state index is -1.53. The second-order valence-electron chi connectivity index (χ2n) is 9.56. The van der Waals surface area contributed by atoms with Crippen LogP contribution in [0.2, 0.25) is 0 Å². The molecule has 2 aliphatic rings. The molecule has 2 fully saturated rings. The Labute approximate surface area is 171 Å². The number of fused-ring (bicyclic) bond motifs is 2. The van der Waals surface area contributed by atoms with E-state index in [0.29, 0.717) is 19.3 Å². The Balaban J connectivity index is 1.68. The summed E-state index contributed by atoms with van der Waals surface area (Å²) < 4.78 is 5.67. The fourth-order valence-corrected chi connectivity index (χ4v) is 5.17. The lowest BCUT2D eigenvalue weighted by atomic mass is 9.76. The number of benzene rings is 2. The van der Waals surface area contributed by atoms with Crippen molar-refractivity contribution in [2.75, 3.05) is 7.05 Å². The van der Waals surface area contributed by atoms with E-state index in [-0.39, 0.29) is 18.2 Å². The zero-order chi connectivity index (χ0) is 21.0. The van der Waals surface area contributed by atoms with E-state index >= 15 is 0 Å². The van der Waals surface area contributed by atoms with Gasteiger partial charge in [0.2, 0.25) is 5.91 Å². The molecule has 1 saturated carbocycles. The van der Waals surface area contributed by atoms with Gasteiger partial charge < -0.3 is 14.7 Å². The summed E-state index contributed by atoms with van der Waals surface area (Å²) in [4.78, 5) is 27.2. The van der Waals surface area contributed by atoms with Crippen molar-refractivity contribution in [3.8, 4) is 0 Å². The van der Waals surface area contributed by atoms with E-state index in [4.69, 9.17) is 4.74 Å². The van der Waals surface area contributed by atoms with E-state index in [1.807, 2.05) is 32.9 Å². The van der Waals surface area contributed by atoms with Crippen molar-refractivity contribution < 1.29 is 19.4 Å². The largest absolute Gasteiger partial charge is 0.459 e. The molecule has 1 heterocycles. The van der Waals surface area contributed by atoms with Crippen LogP contribution in [-0.4, -0.2) is 40.3 Å². The second kappa shape index (κ2) is 6.56. The molecule has 3 atom stereocenters. The third-order valence-corrected chi connectivity index (χ3v) is 6.62. The second-order valence-corrected chi connectivity index (χ2v) is 9.56. The van der Waals surface area contributed by atoms with E-state index in [2.05, 4.69) is 30.3 Å². The Kier molecular flexibility index (Phi) is 4.50. The number of amides is 1. The first kappa shape index (κ1) is 19.9. The minimum Gasteiger partial charge on any atom is -0.459 e. The van der Waals surface area contributed by atoms with Crippen molar-refractivity contribution in [2.24, 2.45) is 11.3 Å². The van der Waals surface area contributed by atoms with Gasteiger partial charge in [0.1, 0.15) is 11.0 Å². The molecule has 5 nitrogen and oxygen atoms in total. The van der Waals surface area contributed by atoms with Crippen LogP contribution in [-0.2, 0) is 20.7 Å². The molecule has 1 aliphatic carbocycles. The van der Waals surface area contributed by atoms with Gasteiger partial charge >= 0.3 is 5.97 Å². The average molecular weight is 395 g/mol. The number of likely N-dealkylation sites (tertiary alicyclic amines) is 1. The molecule has 1 N–H and O–H groups in total. The highest BCUT2D eigenvalue weighted by molar-refractivity contribution is 5.92. The molecule has 0 radical (unpaired) electrons. The van der Waals surface area contributed by atoms with Crippen LogP contribution in [0, 0.1) is 11.3 Å². The van der Waals surface area contributed by atoms with Gasteiger partial charge in [0.05, 0.1) is 0 Å². The first-order valence-corrected chi connectivity index (χ1v) is 10.3. The lowest BCUT2D eigenvalue weighted by molar-refractivity contribution is -0.199. The van der Waals surface area contributed by atoms with Crippen molar-refractivity contribution >= 4 is 22.6 Å². The van der Waals surface area contributed by atoms with Gasteiger partial charge in [-0.3, -0.25) is 9.59 Å². The van der Waals surface area contributed by atoms with Gasteiger partial charge in [0, 0.05) is 19.4 Å². The molecule has 1 amide bonds. The summed E-state index contributed by atoms with van der Waals surface area (Å²) in [7, 11) is 1.60. The number of nitrogens with zero attached hydrogens (tertiary/aromatic N) is 1. The zero-order valence-electron chi connectivity index (χ0n) is 17.6. The van der Waals surface area contributed by atoms with Crippen LogP contribution in [0.25, 0.3) is 10.8 Å². The van der Waals surface area contributed by atoms with Crippen LogP contribution in [0.15, 0.2) is 42.5 Å². The molecule has 0 bridgehead atoms. The van der Waals surface area contributed by atoms with Crippen molar-refractivity contribution in [2.45, 2.75) is 57.8 Å². The Morgan fingerprint density at radius 1 is 1.21 bits per heavy atom. The van der Waals surface area contributed by atoms with Gasteiger partial charge in [-0.25, -0.2) is 0 Å². The number of rotatable bonds is 3. The number of esters is 1. The lowest BCUT2D eigenvalue weighted by Gasteiger charge is -2.42. The average Bonchev–Trinajstić information content (AvgIpc) is 3.04. The maximum absolute atomic E-state index is 13.2. The summed E-state index contributed by atoms with van der Waals surface area (Å²) in [5.41, 5.74) is -2.31. The Morgan fingerprint density at radius 3 is 2.59 bits per heavy atom. The molecule has 5 heteroatoms. The maximum Gasteiger partial charge on any atom is 0.318 e. The third kappa shape index (κ3) is 3.03. The Hall–Kier alpha value is -2.40. The van der Waals surface area contributed by atoms with Crippen LogP contribution in [0.1, 0.15) is 45.6 Å². The minimum absolute atomic E-state index is 0.00311. The third-order valence-electron chi connectivity index (χ3n) is 6.62. The standard InChI is InChI=1S/C24H29NO4/c1-22(2,3)29-21(27)23-12-11-19(24(23,28)25(4)20(26)15-23)14-16-9-10-17-7-5-6-8-18(17)13-16/h5-10,13,19,28H,11-12,14-15H2,1-4H3/t19-,23+,24-/m0/s1. The maximum atomic E-state index is 13.2. The zero-order valence-corrected chi connectivity index (χ0v) is 17.6. The molecule has 1 saturated heterocycles. The predicted molar refractivity (Wildman–Crippen MR) is 111 cm³/mol. The molecular weight excluding hydrogens is 366 g/mol. The first-order valence-electron chi connectivity index (χ1n) is 10.3. The van der Waals surface area contributed by atoms with E-state index in [1.165, 1.54) is 4.90 Å². The van der Waals surface area contributed by atoms with Crippen molar-refractivity contribution in [3.63, 3.8) is 0 Å². The van der Waals surface area contributed by atoms with Crippen LogP contribution in [0.3, 0.4) is 0 Å². The van der Waals surface area contributed by atoms with Crippen molar-refractivity contribution in [3.05, 3.63) is 48.0 Å². The van der Waals surface area contributed by atoms with Crippen LogP contribution in [0.5, 0.6) is 0 Å². The summed E-state index contributed by atoms with van der Waals surface area (Å²) in [6.45, 7) is 5.42. The summed E-state index contributed by atoms with van der Waals surface area (Å²) in [6, 6.07) is 14.4. The molecule has 0 unspecified atom stereocenters. The highest BCUT2D eigenvalue weighted by Crippen LogP contribution is 2.59. The van der Waals surface area contributed by atoms with Crippen molar-refractivity contribution in [1.29, 1.82) is 0 Å². The van der Waals surface area contributed by atoms with E-state index in [0.717, 1.165) is 16.3 Å². The van der Waals surface area contributed by atoms with E-state index < -0.39 is 22.7 Å².